The van der Waals surface area contributed by atoms with Gasteiger partial charge in [-0.1, -0.05) is 25.0 Å². The zero-order valence-electron chi connectivity index (χ0n) is 10.2. The zero-order chi connectivity index (χ0) is 12.9. The van der Waals surface area contributed by atoms with Crippen molar-refractivity contribution in [2.24, 2.45) is 0 Å². The molecule has 0 fully saturated rings. The average molecular weight is 251 g/mol. The number of rotatable bonds is 5. The first-order chi connectivity index (χ1) is 8.02. The fourth-order valence-corrected chi connectivity index (χ4v) is 3.11. The molecule has 0 N–H and O–H groups in total. The van der Waals surface area contributed by atoms with Crippen LogP contribution in [0.1, 0.15) is 18.9 Å². The topological polar surface area (TPSA) is 37.4 Å². The maximum Gasteiger partial charge on any atom is 0.243 e. The summed E-state index contributed by atoms with van der Waals surface area (Å²) in [6.07, 6.45) is 5.95. The maximum absolute atomic E-state index is 12.3. The van der Waals surface area contributed by atoms with E-state index in [0.29, 0.717) is 11.4 Å². The molecule has 0 aliphatic rings. The van der Waals surface area contributed by atoms with Gasteiger partial charge in [-0.2, -0.15) is 4.31 Å². The van der Waals surface area contributed by atoms with Gasteiger partial charge in [-0.15, -0.1) is 6.42 Å². The molecule has 1 aromatic carbocycles. The van der Waals surface area contributed by atoms with Crippen LogP contribution in [0, 0.1) is 19.3 Å². The SMILES string of the molecule is C#CCN(CCC)S(=O)(=O)c1cccc(C)c1. The van der Waals surface area contributed by atoms with Crippen molar-refractivity contribution in [3.63, 3.8) is 0 Å². The second-order valence-electron chi connectivity index (χ2n) is 3.86. The maximum atomic E-state index is 12.3. The molecule has 0 amide bonds. The summed E-state index contributed by atoms with van der Waals surface area (Å²) in [5.74, 6) is 2.39. The molecule has 0 bridgehead atoms. The highest BCUT2D eigenvalue weighted by Gasteiger charge is 2.22. The van der Waals surface area contributed by atoms with Crippen LogP contribution in [-0.4, -0.2) is 25.8 Å². The van der Waals surface area contributed by atoms with E-state index < -0.39 is 10.0 Å². The van der Waals surface area contributed by atoms with E-state index >= 15 is 0 Å². The molecule has 0 saturated carbocycles. The first kappa shape index (κ1) is 13.8. The van der Waals surface area contributed by atoms with Crippen LogP contribution >= 0.6 is 0 Å². The molecule has 1 aromatic rings. The molecule has 0 radical (unpaired) electrons. The van der Waals surface area contributed by atoms with Crippen molar-refractivity contribution < 1.29 is 8.42 Å². The quantitative estimate of drug-likeness (QED) is 0.751. The third kappa shape index (κ3) is 3.32. The van der Waals surface area contributed by atoms with Gasteiger partial charge < -0.3 is 0 Å². The molecular weight excluding hydrogens is 234 g/mol. The molecule has 0 unspecified atom stereocenters. The lowest BCUT2D eigenvalue weighted by molar-refractivity contribution is 0.445. The van der Waals surface area contributed by atoms with Gasteiger partial charge in [-0.25, -0.2) is 8.42 Å². The molecule has 4 heteroatoms. The average Bonchev–Trinajstić information content (AvgIpc) is 2.29. The minimum atomic E-state index is -3.46. The predicted molar refractivity (Wildman–Crippen MR) is 69.1 cm³/mol. The smallest absolute Gasteiger partial charge is 0.207 e. The lowest BCUT2D eigenvalue weighted by Crippen LogP contribution is -2.32. The van der Waals surface area contributed by atoms with Crippen LogP contribution in [0.3, 0.4) is 0 Å². The van der Waals surface area contributed by atoms with Crippen LogP contribution in [0.2, 0.25) is 0 Å². The minimum Gasteiger partial charge on any atom is -0.207 e. The Hall–Kier alpha value is -1.31. The lowest BCUT2D eigenvalue weighted by atomic mass is 10.2. The van der Waals surface area contributed by atoms with Crippen molar-refractivity contribution in [3.8, 4) is 12.3 Å². The van der Waals surface area contributed by atoms with E-state index in [2.05, 4.69) is 5.92 Å². The fourth-order valence-electron chi connectivity index (χ4n) is 1.56. The summed E-state index contributed by atoms with van der Waals surface area (Å²) in [6, 6.07) is 6.86. The Kier molecular flexibility index (Phi) is 4.73. The van der Waals surface area contributed by atoms with Gasteiger partial charge in [0.15, 0.2) is 0 Å². The number of nitrogens with zero attached hydrogens (tertiary/aromatic N) is 1. The van der Waals surface area contributed by atoms with Gasteiger partial charge in [0.05, 0.1) is 11.4 Å². The summed E-state index contributed by atoms with van der Waals surface area (Å²) in [7, 11) is -3.46. The molecule has 0 aliphatic heterocycles. The standard InChI is InChI=1S/C13H17NO2S/c1-4-9-14(10-5-2)17(15,16)13-8-6-7-12(3)11-13/h1,6-8,11H,5,9-10H2,2-3H3. The van der Waals surface area contributed by atoms with Crippen LogP contribution in [0.5, 0.6) is 0 Å². The van der Waals surface area contributed by atoms with Crippen molar-refractivity contribution in [2.45, 2.75) is 25.2 Å². The van der Waals surface area contributed by atoms with Crippen LogP contribution in [0.25, 0.3) is 0 Å². The van der Waals surface area contributed by atoms with Crippen LogP contribution in [-0.2, 0) is 10.0 Å². The van der Waals surface area contributed by atoms with Gasteiger partial charge in [0.2, 0.25) is 10.0 Å². The summed E-state index contributed by atoms with van der Waals surface area (Å²) in [6.45, 7) is 4.35. The molecule has 0 heterocycles. The third-order valence-electron chi connectivity index (χ3n) is 2.37. The van der Waals surface area contributed by atoms with Crippen molar-refractivity contribution in [2.75, 3.05) is 13.1 Å². The fraction of sp³-hybridized carbons (Fsp3) is 0.385. The first-order valence-electron chi connectivity index (χ1n) is 5.52. The van der Waals surface area contributed by atoms with Gasteiger partial charge in [-0.3, -0.25) is 0 Å². The van der Waals surface area contributed by atoms with E-state index in [0.717, 1.165) is 12.0 Å². The first-order valence-corrected chi connectivity index (χ1v) is 6.96. The molecule has 0 saturated heterocycles. The Morgan fingerprint density at radius 2 is 2.12 bits per heavy atom. The van der Waals surface area contributed by atoms with Crippen molar-refractivity contribution in [3.05, 3.63) is 29.8 Å². The Balaban J connectivity index is 3.12. The zero-order valence-corrected chi connectivity index (χ0v) is 11.0. The van der Waals surface area contributed by atoms with E-state index in [4.69, 9.17) is 6.42 Å². The molecule has 0 aliphatic carbocycles. The van der Waals surface area contributed by atoms with Crippen molar-refractivity contribution >= 4 is 10.0 Å². The summed E-state index contributed by atoms with van der Waals surface area (Å²) in [5, 5.41) is 0. The van der Waals surface area contributed by atoms with Gasteiger partial charge in [0.1, 0.15) is 0 Å². The molecule has 3 nitrogen and oxygen atoms in total. The Labute approximate surface area is 104 Å². The number of hydrogen-bond acceptors (Lipinski definition) is 2. The van der Waals surface area contributed by atoms with Crippen LogP contribution in [0.15, 0.2) is 29.2 Å². The van der Waals surface area contributed by atoms with Gasteiger partial charge >= 0.3 is 0 Å². The number of benzene rings is 1. The van der Waals surface area contributed by atoms with E-state index in [-0.39, 0.29) is 6.54 Å². The van der Waals surface area contributed by atoms with Gasteiger partial charge in [0, 0.05) is 6.54 Å². The van der Waals surface area contributed by atoms with E-state index in [1.165, 1.54) is 4.31 Å². The molecule has 0 atom stereocenters. The minimum absolute atomic E-state index is 0.115. The summed E-state index contributed by atoms with van der Waals surface area (Å²) < 4.78 is 25.9. The Bertz CT molecular complexity index is 514. The highest BCUT2D eigenvalue weighted by molar-refractivity contribution is 7.89. The van der Waals surface area contributed by atoms with Crippen molar-refractivity contribution in [1.82, 2.24) is 4.31 Å². The van der Waals surface area contributed by atoms with E-state index in [9.17, 15) is 8.42 Å². The highest BCUT2D eigenvalue weighted by atomic mass is 32.2. The normalized spacial score (nSPS) is 11.4. The largest absolute Gasteiger partial charge is 0.243 e. The number of aryl methyl sites for hydroxylation is 1. The highest BCUT2D eigenvalue weighted by Crippen LogP contribution is 2.16. The predicted octanol–water partition coefficient (Wildman–Crippen LogP) is 2.03. The summed E-state index contributed by atoms with van der Waals surface area (Å²) in [4.78, 5) is 0.307. The Morgan fingerprint density at radius 3 is 2.65 bits per heavy atom. The van der Waals surface area contributed by atoms with E-state index in [1.807, 2.05) is 19.9 Å². The van der Waals surface area contributed by atoms with Crippen LogP contribution in [0.4, 0.5) is 0 Å². The second-order valence-corrected chi connectivity index (χ2v) is 5.80. The van der Waals surface area contributed by atoms with Gasteiger partial charge in [-0.05, 0) is 31.0 Å². The molecule has 17 heavy (non-hydrogen) atoms. The molecular formula is C13H17NO2S. The van der Waals surface area contributed by atoms with Crippen molar-refractivity contribution in [1.29, 1.82) is 0 Å². The molecule has 0 spiro atoms. The number of hydrogen-bond donors (Lipinski definition) is 0. The van der Waals surface area contributed by atoms with Crippen LogP contribution < -0.4 is 0 Å². The third-order valence-corrected chi connectivity index (χ3v) is 4.21. The molecule has 92 valence electrons. The molecule has 0 aromatic heterocycles. The lowest BCUT2D eigenvalue weighted by Gasteiger charge is -2.19. The molecule has 1 rings (SSSR count). The van der Waals surface area contributed by atoms with E-state index in [1.54, 1.807) is 18.2 Å². The number of terminal acetylenes is 1. The Morgan fingerprint density at radius 1 is 1.41 bits per heavy atom. The number of sulfonamides is 1. The van der Waals surface area contributed by atoms with Gasteiger partial charge in [0.25, 0.3) is 0 Å². The summed E-state index contributed by atoms with van der Waals surface area (Å²) in [5.41, 5.74) is 0.920. The summed E-state index contributed by atoms with van der Waals surface area (Å²) >= 11 is 0. The second kappa shape index (κ2) is 5.85. The monoisotopic (exact) mass is 251 g/mol.